The molecule has 0 spiro atoms. The van der Waals surface area contributed by atoms with Gasteiger partial charge < -0.3 is 19.5 Å². The van der Waals surface area contributed by atoms with Crippen LogP contribution in [0.5, 0.6) is 17.2 Å². The molecule has 0 saturated heterocycles. The predicted octanol–water partition coefficient (Wildman–Crippen LogP) is 4.62. The van der Waals surface area contributed by atoms with Crippen LogP contribution in [0, 0.1) is 0 Å². The molecule has 0 unspecified atom stereocenters. The molecule has 0 aromatic heterocycles. The zero-order valence-corrected chi connectivity index (χ0v) is 14.7. The van der Waals surface area contributed by atoms with Crippen molar-refractivity contribution in [3.8, 4) is 17.2 Å². The van der Waals surface area contributed by atoms with Crippen molar-refractivity contribution in [2.45, 2.75) is 6.36 Å². The molecule has 0 fully saturated rings. The molecule has 1 N–H and O–H groups in total. The maximum Gasteiger partial charge on any atom is 0.573 e. The molecule has 0 aliphatic heterocycles. The molecule has 25 heavy (non-hydrogen) atoms. The zero-order chi connectivity index (χ0) is 18.6. The van der Waals surface area contributed by atoms with Crippen molar-refractivity contribution in [1.29, 1.82) is 0 Å². The second-order valence-corrected chi connectivity index (χ2v) is 5.52. The molecule has 2 rings (SSSR count). The summed E-state index contributed by atoms with van der Waals surface area (Å²) in [6.45, 7) is 0. The molecular weight excluding hydrogens is 407 g/mol. The van der Waals surface area contributed by atoms with Crippen LogP contribution in [-0.2, 0) is 0 Å². The largest absolute Gasteiger partial charge is 0.573 e. The standard InChI is InChI=1S/C16H13BrF3NO4/c1-23-12-6-9(7-13(24-2)14(12)17)15(22)21-10-4-3-5-11(8-10)25-16(18,19)20/h3-8H,1-2H3,(H,21,22). The Morgan fingerprint density at radius 3 is 2.20 bits per heavy atom. The van der Waals surface area contributed by atoms with E-state index in [4.69, 9.17) is 9.47 Å². The third kappa shape index (κ3) is 5.02. The van der Waals surface area contributed by atoms with Crippen molar-refractivity contribution >= 4 is 27.5 Å². The molecule has 2 aromatic carbocycles. The third-order valence-electron chi connectivity index (χ3n) is 3.03. The van der Waals surface area contributed by atoms with E-state index in [9.17, 15) is 18.0 Å². The van der Waals surface area contributed by atoms with Crippen molar-refractivity contribution in [1.82, 2.24) is 0 Å². The molecule has 0 radical (unpaired) electrons. The van der Waals surface area contributed by atoms with E-state index in [0.717, 1.165) is 12.1 Å². The third-order valence-corrected chi connectivity index (χ3v) is 3.81. The van der Waals surface area contributed by atoms with E-state index >= 15 is 0 Å². The van der Waals surface area contributed by atoms with Crippen LogP contribution in [0.1, 0.15) is 10.4 Å². The molecule has 2 aromatic rings. The lowest BCUT2D eigenvalue weighted by atomic mass is 10.1. The Hall–Kier alpha value is -2.42. The number of amides is 1. The van der Waals surface area contributed by atoms with Crippen LogP contribution in [0.3, 0.4) is 0 Å². The second-order valence-electron chi connectivity index (χ2n) is 4.72. The van der Waals surface area contributed by atoms with Crippen molar-refractivity contribution in [2.75, 3.05) is 19.5 Å². The molecule has 1 amide bonds. The lowest BCUT2D eigenvalue weighted by Gasteiger charge is -2.13. The minimum atomic E-state index is -4.81. The molecule has 0 heterocycles. The van der Waals surface area contributed by atoms with Gasteiger partial charge in [-0.25, -0.2) is 0 Å². The van der Waals surface area contributed by atoms with Gasteiger partial charge in [0.25, 0.3) is 5.91 Å². The van der Waals surface area contributed by atoms with Gasteiger partial charge in [-0.05, 0) is 40.2 Å². The summed E-state index contributed by atoms with van der Waals surface area (Å²) in [6, 6.07) is 7.91. The minimum Gasteiger partial charge on any atom is -0.495 e. The highest BCUT2D eigenvalue weighted by atomic mass is 79.9. The van der Waals surface area contributed by atoms with Gasteiger partial charge in [0, 0.05) is 17.3 Å². The van der Waals surface area contributed by atoms with Crippen molar-refractivity contribution in [3.05, 3.63) is 46.4 Å². The Labute approximate surface area is 149 Å². The molecule has 0 bridgehead atoms. The quantitative estimate of drug-likeness (QED) is 0.768. The highest BCUT2D eigenvalue weighted by Crippen LogP contribution is 2.36. The van der Waals surface area contributed by atoms with Gasteiger partial charge in [-0.1, -0.05) is 6.07 Å². The average molecular weight is 420 g/mol. The summed E-state index contributed by atoms with van der Waals surface area (Å²) in [7, 11) is 2.86. The summed E-state index contributed by atoms with van der Waals surface area (Å²) in [5.41, 5.74) is 0.353. The zero-order valence-electron chi connectivity index (χ0n) is 13.1. The Morgan fingerprint density at radius 1 is 1.08 bits per heavy atom. The van der Waals surface area contributed by atoms with Crippen LogP contribution in [-0.4, -0.2) is 26.5 Å². The summed E-state index contributed by atoms with van der Waals surface area (Å²) in [6.07, 6.45) is -4.81. The van der Waals surface area contributed by atoms with Gasteiger partial charge in [-0.15, -0.1) is 13.2 Å². The number of hydrogen-bond acceptors (Lipinski definition) is 4. The summed E-state index contributed by atoms with van der Waals surface area (Å²) in [5, 5.41) is 2.49. The summed E-state index contributed by atoms with van der Waals surface area (Å²) >= 11 is 3.28. The van der Waals surface area contributed by atoms with Crippen LogP contribution in [0.25, 0.3) is 0 Å². The smallest absolute Gasteiger partial charge is 0.495 e. The summed E-state index contributed by atoms with van der Waals surface area (Å²) < 4.78 is 51.4. The molecule has 0 aliphatic carbocycles. The van der Waals surface area contributed by atoms with E-state index in [1.165, 1.54) is 38.5 Å². The van der Waals surface area contributed by atoms with Crippen LogP contribution in [0.2, 0.25) is 0 Å². The first-order chi connectivity index (χ1) is 11.7. The Morgan fingerprint density at radius 2 is 1.68 bits per heavy atom. The number of carbonyl (C=O) groups excluding carboxylic acids is 1. The van der Waals surface area contributed by atoms with Crippen molar-refractivity contribution in [2.24, 2.45) is 0 Å². The van der Waals surface area contributed by atoms with Gasteiger partial charge in [-0.3, -0.25) is 4.79 Å². The number of benzene rings is 2. The number of rotatable bonds is 5. The van der Waals surface area contributed by atoms with E-state index in [1.807, 2.05) is 0 Å². The summed E-state index contributed by atoms with van der Waals surface area (Å²) in [5.74, 6) is -0.234. The van der Waals surface area contributed by atoms with E-state index in [0.29, 0.717) is 16.0 Å². The van der Waals surface area contributed by atoms with E-state index in [2.05, 4.69) is 26.0 Å². The molecule has 0 aliphatic rings. The monoisotopic (exact) mass is 419 g/mol. The molecular formula is C16H13BrF3NO4. The maximum atomic E-state index is 12.4. The van der Waals surface area contributed by atoms with E-state index in [1.54, 1.807) is 0 Å². The topological polar surface area (TPSA) is 56.8 Å². The molecule has 9 heteroatoms. The molecule has 5 nitrogen and oxygen atoms in total. The molecule has 0 atom stereocenters. The number of carbonyl (C=O) groups is 1. The molecule has 134 valence electrons. The van der Waals surface area contributed by atoms with Gasteiger partial charge in [0.2, 0.25) is 0 Å². The first kappa shape index (κ1) is 18.9. The number of methoxy groups -OCH3 is 2. The van der Waals surface area contributed by atoms with Crippen LogP contribution in [0.4, 0.5) is 18.9 Å². The van der Waals surface area contributed by atoms with Crippen LogP contribution in [0.15, 0.2) is 40.9 Å². The van der Waals surface area contributed by atoms with Gasteiger partial charge in [0.1, 0.15) is 21.7 Å². The first-order valence-electron chi connectivity index (χ1n) is 6.82. The fourth-order valence-corrected chi connectivity index (χ4v) is 2.53. The first-order valence-corrected chi connectivity index (χ1v) is 7.61. The Kier molecular flexibility index (Phi) is 5.78. The fraction of sp³-hybridized carbons (Fsp3) is 0.188. The normalized spacial score (nSPS) is 11.0. The van der Waals surface area contributed by atoms with Gasteiger partial charge >= 0.3 is 6.36 Å². The Bertz CT molecular complexity index is 755. The second kappa shape index (κ2) is 7.64. The highest BCUT2D eigenvalue weighted by Gasteiger charge is 2.31. The fourth-order valence-electron chi connectivity index (χ4n) is 1.97. The lowest BCUT2D eigenvalue weighted by Crippen LogP contribution is -2.17. The lowest BCUT2D eigenvalue weighted by molar-refractivity contribution is -0.274. The number of ether oxygens (including phenoxy) is 3. The van der Waals surface area contributed by atoms with Gasteiger partial charge in [-0.2, -0.15) is 0 Å². The van der Waals surface area contributed by atoms with Gasteiger partial charge in [0.15, 0.2) is 0 Å². The number of alkyl halides is 3. The van der Waals surface area contributed by atoms with E-state index < -0.39 is 18.0 Å². The van der Waals surface area contributed by atoms with Crippen LogP contribution >= 0.6 is 15.9 Å². The SMILES string of the molecule is COc1cc(C(=O)Nc2cccc(OC(F)(F)F)c2)cc(OC)c1Br. The highest BCUT2D eigenvalue weighted by molar-refractivity contribution is 9.10. The predicted molar refractivity (Wildman–Crippen MR) is 88.3 cm³/mol. The number of hydrogen-bond donors (Lipinski definition) is 1. The number of anilines is 1. The molecule has 0 saturated carbocycles. The number of nitrogens with one attached hydrogen (secondary N) is 1. The van der Waals surface area contributed by atoms with Crippen LogP contribution < -0.4 is 19.5 Å². The average Bonchev–Trinajstić information content (AvgIpc) is 2.53. The van der Waals surface area contributed by atoms with Crippen molar-refractivity contribution < 1.29 is 32.2 Å². The number of halogens is 4. The minimum absolute atomic E-state index is 0.146. The summed E-state index contributed by atoms with van der Waals surface area (Å²) in [4.78, 5) is 12.4. The Balaban J connectivity index is 2.24. The maximum absolute atomic E-state index is 12.4. The van der Waals surface area contributed by atoms with Gasteiger partial charge in [0.05, 0.1) is 14.2 Å². The van der Waals surface area contributed by atoms with E-state index in [-0.39, 0.29) is 11.3 Å². The van der Waals surface area contributed by atoms with Crippen molar-refractivity contribution in [3.63, 3.8) is 0 Å².